The molecule has 1 rings (SSSR count). The van der Waals surface area contributed by atoms with Crippen LogP contribution in [-0.2, 0) is 0 Å². The van der Waals surface area contributed by atoms with Crippen molar-refractivity contribution in [3.63, 3.8) is 0 Å². The highest BCUT2D eigenvalue weighted by molar-refractivity contribution is 14.1. The van der Waals surface area contributed by atoms with Gasteiger partial charge >= 0.3 is 0 Å². The van der Waals surface area contributed by atoms with Gasteiger partial charge in [-0.25, -0.2) is 0 Å². The van der Waals surface area contributed by atoms with E-state index in [1.807, 2.05) is 24.3 Å². The van der Waals surface area contributed by atoms with E-state index in [1.54, 1.807) is 0 Å². The van der Waals surface area contributed by atoms with Crippen LogP contribution < -0.4 is 5.32 Å². The minimum atomic E-state index is 0.0279. The van der Waals surface area contributed by atoms with E-state index in [9.17, 15) is 4.79 Å². The molecule has 1 amide bonds. The number of benzene rings is 1. The minimum Gasteiger partial charge on any atom is -0.349 e. The third kappa shape index (κ3) is 3.81. The number of hydrogen-bond acceptors (Lipinski definition) is 1. The Morgan fingerprint density at radius 1 is 1.27 bits per heavy atom. The van der Waals surface area contributed by atoms with Crippen LogP contribution in [0.5, 0.6) is 0 Å². The van der Waals surface area contributed by atoms with Crippen LogP contribution in [0.2, 0.25) is 0 Å². The van der Waals surface area contributed by atoms with Crippen LogP contribution in [0.1, 0.15) is 37.0 Å². The molecule has 0 aromatic heterocycles. The first kappa shape index (κ1) is 12.5. The molecule has 1 aromatic rings. The molecular formula is C12H16INO. The third-order valence-electron chi connectivity index (χ3n) is 2.43. The molecule has 2 nitrogen and oxygen atoms in total. The summed E-state index contributed by atoms with van der Waals surface area (Å²) < 4.78 is 1.15. The maximum absolute atomic E-state index is 11.8. The summed E-state index contributed by atoms with van der Waals surface area (Å²) in [5.41, 5.74) is 0.738. The van der Waals surface area contributed by atoms with E-state index < -0.39 is 0 Å². The lowest BCUT2D eigenvalue weighted by Gasteiger charge is -2.14. The Morgan fingerprint density at radius 3 is 2.27 bits per heavy atom. The van der Waals surface area contributed by atoms with E-state index in [1.165, 1.54) is 0 Å². The molecule has 0 saturated carbocycles. The average molecular weight is 317 g/mol. The van der Waals surface area contributed by atoms with Gasteiger partial charge in [-0.3, -0.25) is 4.79 Å². The van der Waals surface area contributed by atoms with E-state index >= 15 is 0 Å². The van der Waals surface area contributed by atoms with Crippen molar-refractivity contribution in [1.82, 2.24) is 5.32 Å². The predicted molar refractivity (Wildman–Crippen MR) is 71.0 cm³/mol. The van der Waals surface area contributed by atoms with E-state index in [-0.39, 0.29) is 11.9 Å². The van der Waals surface area contributed by atoms with Gasteiger partial charge in [-0.15, -0.1) is 0 Å². The Bertz CT molecular complexity index is 317. The summed E-state index contributed by atoms with van der Waals surface area (Å²) in [5.74, 6) is 0.0279. The first-order chi connectivity index (χ1) is 7.17. The number of carbonyl (C=O) groups excluding carboxylic acids is 1. The molecule has 82 valence electrons. The summed E-state index contributed by atoms with van der Waals surface area (Å²) in [5, 5.41) is 3.01. The van der Waals surface area contributed by atoms with E-state index in [2.05, 4.69) is 41.8 Å². The summed E-state index contributed by atoms with van der Waals surface area (Å²) in [4.78, 5) is 11.8. The molecule has 0 atom stereocenters. The second-order valence-corrected chi connectivity index (χ2v) is 4.74. The summed E-state index contributed by atoms with van der Waals surface area (Å²) in [6.07, 6.45) is 1.96. The maximum atomic E-state index is 11.8. The van der Waals surface area contributed by atoms with Gasteiger partial charge in [-0.05, 0) is 59.7 Å². The number of halogens is 1. The lowest BCUT2D eigenvalue weighted by Crippen LogP contribution is -2.33. The van der Waals surface area contributed by atoms with Gasteiger partial charge in [0.1, 0.15) is 0 Å². The van der Waals surface area contributed by atoms with Gasteiger partial charge in [0.15, 0.2) is 0 Å². The number of hydrogen-bond donors (Lipinski definition) is 1. The van der Waals surface area contributed by atoms with Crippen molar-refractivity contribution in [2.24, 2.45) is 0 Å². The normalized spacial score (nSPS) is 10.4. The predicted octanol–water partition coefficient (Wildman–Crippen LogP) is 3.21. The van der Waals surface area contributed by atoms with Crippen LogP contribution in [0.25, 0.3) is 0 Å². The molecule has 0 bridgehead atoms. The lowest BCUT2D eigenvalue weighted by atomic mass is 10.1. The van der Waals surface area contributed by atoms with Gasteiger partial charge in [-0.1, -0.05) is 13.8 Å². The highest BCUT2D eigenvalue weighted by atomic mass is 127. The standard InChI is InChI=1S/C12H16INO/c1-3-11(4-2)14-12(15)9-5-7-10(13)8-6-9/h5-8,11H,3-4H2,1-2H3,(H,14,15). The van der Waals surface area contributed by atoms with E-state index in [4.69, 9.17) is 0 Å². The van der Waals surface area contributed by atoms with Gasteiger partial charge in [-0.2, -0.15) is 0 Å². The summed E-state index contributed by atoms with van der Waals surface area (Å²) in [7, 11) is 0. The van der Waals surface area contributed by atoms with Crippen molar-refractivity contribution in [3.8, 4) is 0 Å². The SMILES string of the molecule is CCC(CC)NC(=O)c1ccc(I)cc1. The molecule has 1 aromatic carbocycles. The van der Waals surface area contributed by atoms with Crippen molar-refractivity contribution in [2.45, 2.75) is 32.7 Å². The van der Waals surface area contributed by atoms with Crippen molar-refractivity contribution >= 4 is 28.5 Å². The molecule has 0 unspecified atom stereocenters. The molecule has 0 aliphatic heterocycles. The van der Waals surface area contributed by atoms with Crippen LogP contribution in [-0.4, -0.2) is 11.9 Å². The highest BCUT2D eigenvalue weighted by Crippen LogP contribution is 2.07. The smallest absolute Gasteiger partial charge is 0.251 e. The number of nitrogens with one attached hydrogen (secondary N) is 1. The van der Waals surface area contributed by atoms with Crippen LogP contribution in [0.3, 0.4) is 0 Å². The fourth-order valence-corrected chi connectivity index (χ4v) is 1.72. The summed E-state index contributed by atoms with van der Waals surface area (Å²) in [6.45, 7) is 4.17. The fourth-order valence-electron chi connectivity index (χ4n) is 1.36. The number of rotatable bonds is 4. The van der Waals surface area contributed by atoms with Crippen LogP contribution in [0.15, 0.2) is 24.3 Å². The monoisotopic (exact) mass is 317 g/mol. The fraction of sp³-hybridized carbons (Fsp3) is 0.417. The van der Waals surface area contributed by atoms with Crippen molar-refractivity contribution in [2.75, 3.05) is 0 Å². The van der Waals surface area contributed by atoms with Crippen molar-refractivity contribution in [1.29, 1.82) is 0 Å². The molecule has 0 heterocycles. The first-order valence-electron chi connectivity index (χ1n) is 5.23. The Morgan fingerprint density at radius 2 is 1.80 bits per heavy atom. The Kier molecular flexibility index (Phi) is 5.08. The largest absolute Gasteiger partial charge is 0.349 e. The highest BCUT2D eigenvalue weighted by Gasteiger charge is 2.09. The minimum absolute atomic E-state index is 0.0279. The molecule has 1 N–H and O–H groups in total. The Hall–Kier alpha value is -0.580. The van der Waals surface area contributed by atoms with Crippen molar-refractivity contribution < 1.29 is 4.79 Å². The lowest BCUT2D eigenvalue weighted by molar-refractivity contribution is 0.0935. The van der Waals surface area contributed by atoms with Gasteiger partial charge < -0.3 is 5.32 Å². The van der Waals surface area contributed by atoms with E-state index in [0.717, 1.165) is 22.0 Å². The number of carbonyl (C=O) groups is 1. The molecule has 3 heteroatoms. The van der Waals surface area contributed by atoms with Gasteiger partial charge in [0, 0.05) is 15.2 Å². The molecule has 15 heavy (non-hydrogen) atoms. The summed E-state index contributed by atoms with van der Waals surface area (Å²) in [6, 6.07) is 7.90. The molecule has 0 aliphatic carbocycles. The molecule has 0 saturated heterocycles. The first-order valence-corrected chi connectivity index (χ1v) is 6.31. The summed E-state index contributed by atoms with van der Waals surface area (Å²) >= 11 is 2.23. The van der Waals surface area contributed by atoms with Crippen LogP contribution >= 0.6 is 22.6 Å². The zero-order valence-electron chi connectivity index (χ0n) is 9.09. The van der Waals surface area contributed by atoms with Crippen LogP contribution in [0, 0.1) is 3.57 Å². The van der Waals surface area contributed by atoms with Gasteiger partial charge in [0.05, 0.1) is 0 Å². The van der Waals surface area contributed by atoms with Crippen molar-refractivity contribution in [3.05, 3.63) is 33.4 Å². The second-order valence-electron chi connectivity index (χ2n) is 3.49. The molecular weight excluding hydrogens is 301 g/mol. The zero-order valence-corrected chi connectivity index (χ0v) is 11.2. The molecule has 0 spiro atoms. The molecule has 0 aliphatic rings. The molecule has 0 fully saturated rings. The topological polar surface area (TPSA) is 29.1 Å². The van der Waals surface area contributed by atoms with Gasteiger partial charge in [0.2, 0.25) is 0 Å². The third-order valence-corrected chi connectivity index (χ3v) is 3.15. The second kappa shape index (κ2) is 6.10. The Balaban J connectivity index is 2.64. The van der Waals surface area contributed by atoms with Gasteiger partial charge in [0.25, 0.3) is 5.91 Å². The number of amides is 1. The quantitative estimate of drug-likeness (QED) is 0.849. The van der Waals surface area contributed by atoms with Crippen LogP contribution in [0.4, 0.5) is 0 Å². The Labute approximate surface area is 105 Å². The molecule has 0 radical (unpaired) electrons. The maximum Gasteiger partial charge on any atom is 0.251 e. The van der Waals surface area contributed by atoms with E-state index in [0.29, 0.717) is 0 Å². The average Bonchev–Trinajstić information content (AvgIpc) is 2.26. The zero-order chi connectivity index (χ0) is 11.3.